The van der Waals surface area contributed by atoms with Crippen molar-refractivity contribution in [3.63, 3.8) is 0 Å². The average Bonchev–Trinajstić information content (AvgIpc) is 3.33. The maximum absolute atomic E-state index is 12.4. The molecule has 206 valence electrons. The molecule has 0 aliphatic carbocycles. The van der Waals surface area contributed by atoms with E-state index >= 15 is 0 Å². The number of nitrogens with one attached hydrogen (secondary N) is 1. The zero-order chi connectivity index (χ0) is 29.3. The number of benzene rings is 2. The highest BCUT2D eigenvalue weighted by atomic mass is 32.1. The molecular weight excluding hydrogens is 540 g/mol. The van der Waals surface area contributed by atoms with Crippen molar-refractivity contribution in [3.05, 3.63) is 84.3 Å². The summed E-state index contributed by atoms with van der Waals surface area (Å²) in [5.74, 6) is 0.122. The highest BCUT2D eigenvalue weighted by Crippen LogP contribution is 2.51. The molecule has 5 aromatic rings. The van der Waals surface area contributed by atoms with Crippen LogP contribution in [0.5, 0.6) is 17.5 Å². The summed E-state index contributed by atoms with van der Waals surface area (Å²) in [6, 6.07) is 12.9. The Hall–Kier alpha value is -5.29. The van der Waals surface area contributed by atoms with Crippen molar-refractivity contribution < 1.29 is 19.1 Å². The van der Waals surface area contributed by atoms with Gasteiger partial charge in [0.05, 0.1) is 17.4 Å². The SMILES string of the molecule is C=CC(=O)Nc1cc(C)ccc1-c1sc2c(C(N)=O)cnc(N)c2c1-c1ccc(Oc2nccc(C)n2)cc1OC. The van der Waals surface area contributed by atoms with E-state index in [-0.39, 0.29) is 23.3 Å². The van der Waals surface area contributed by atoms with Gasteiger partial charge < -0.3 is 26.3 Å². The number of hydrogen-bond donors (Lipinski definition) is 3. The minimum atomic E-state index is -0.639. The van der Waals surface area contributed by atoms with Crippen molar-refractivity contribution in [1.29, 1.82) is 0 Å². The molecule has 2 aromatic carbocycles. The van der Waals surface area contributed by atoms with E-state index in [9.17, 15) is 9.59 Å². The first-order valence-corrected chi connectivity index (χ1v) is 13.2. The van der Waals surface area contributed by atoms with E-state index in [1.807, 2.05) is 38.1 Å². The Balaban J connectivity index is 1.78. The zero-order valence-electron chi connectivity index (χ0n) is 22.5. The summed E-state index contributed by atoms with van der Waals surface area (Å²) in [6.45, 7) is 7.33. The molecule has 0 spiro atoms. The third-order valence-corrected chi connectivity index (χ3v) is 7.55. The van der Waals surface area contributed by atoms with Crippen LogP contribution in [0.15, 0.2) is 67.5 Å². The Morgan fingerprint density at radius 3 is 2.56 bits per heavy atom. The van der Waals surface area contributed by atoms with Gasteiger partial charge >= 0.3 is 6.01 Å². The second-order valence-corrected chi connectivity index (χ2v) is 10.1. The summed E-state index contributed by atoms with van der Waals surface area (Å²) in [5, 5.41) is 3.43. The van der Waals surface area contributed by atoms with Gasteiger partial charge in [0.1, 0.15) is 17.3 Å². The molecule has 0 radical (unpaired) electrons. The van der Waals surface area contributed by atoms with Gasteiger partial charge in [-0.2, -0.15) is 0 Å². The smallest absolute Gasteiger partial charge is 0.322 e. The minimum absolute atomic E-state index is 0.197. The number of methoxy groups -OCH3 is 1. The van der Waals surface area contributed by atoms with Crippen molar-refractivity contribution in [1.82, 2.24) is 15.0 Å². The topological polar surface area (TPSA) is 155 Å². The molecule has 0 atom stereocenters. The van der Waals surface area contributed by atoms with Crippen LogP contribution in [0, 0.1) is 13.8 Å². The highest BCUT2D eigenvalue weighted by molar-refractivity contribution is 7.23. The lowest BCUT2D eigenvalue weighted by atomic mass is 9.96. The van der Waals surface area contributed by atoms with E-state index in [0.29, 0.717) is 44.0 Å². The molecule has 0 fully saturated rings. The number of pyridine rings is 1. The number of fused-ring (bicyclic) bond motifs is 1. The van der Waals surface area contributed by atoms with Crippen molar-refractivity contribution in [2.75, 3.05) is 18.2 Å². The molecule has 0 saturated carbocycles. The summed E-state index contributed by atoms with van der Waals surface area (Å²) in [7, 11) is 1.54. The molecule has 0 unspecified atom stereocenters. The van der Waals surface area contributed by atoms with Crippen molar-refractivity contribution in [2.24, 2.45) is 5.73 Å². The summed E-state index contributed by atoms with van der Waals surface area (Å²) >= 11 is 1.32. The first-order valence-electron chi connectivity index (χ1n) is 12.4. The van der Waals surface area contributed by atoms with E-state index in [2.05, 4.69) is 26.8 Å². The van der Waals surface area contributed by atoms with E-state index < -0.39 is 5.91 Å². The number of rotatable bonds is 8. The second kappa shape index (κ2) is 11.1. The number of aromatic nitrogens is 3. The van der Waals surface area contributed by atoms with Gasteiger partial charge in [0, 0.05) is 56.8 Å². The average molecular weight is 567 g/mol. The summed E-state index contributed by atoms with van der Waals surface area (Å²) < 4.78 is 12.3. The largest absolute Gasteiger partial charge is 0.496 e. The first kappa shape index (κ1) is 27.3. The van der Waals surface area contributed by atoms with Crippen LogP contribution in [-0.4, -0.2) is 33.9 Å². The molecule has 3 heterocycles. The molecule has 5 rings (SSSR count). The van der Waals surface area contributed by atoms with Crippen molar-refractivity contribution in [3.8, 4) is 39.1 Å². The summed E-state index contributed by atoms with van der Waals surface area (Å²) in [4.78, 5) is 38.2. The summed E-state index contributed by atoms with van der Waals surface area (Å²) in [6.07, 6.45) is 4.18. The van der Waals surface area contributed by atoms with E-state index in [4.69, 9.17) is 20.9 Å². The number of primary amides is 1. The molecule has 41 heavy (non-hydrogen) atoms. The van der Waals surface area contributed by atoms with Crippen LogP contribution in [0.1, 0.15) is 21.6 Å². The number of carbonyl (C=O) groups excluding carboxylic acids is 2. The van der Waals surface area contributed by atoms with Gasteiger partial charge in [0.2, 0.25) is 5.91 Å². The lowest BCUT2D eigenvalue weighted by Crippen LogP contribution is -2.11. The molecular formula is C30H26N6O4S. The molecule has 0 aliphatic rings. The van der Waals surface area contributed by atoms with E-state index in [0.717, 1.165) is 16.1 Å². The monoisotopic (exact) mass is 566 g/mol. The lowest BCUT2D eigenvalue weighted by molar-refractivity contribution is -0.111. The third-order valence-electron chi connectivity index (χ3n) is 6.29. The Morgan fingerprint density at radius 1 is 1.07 bits per heavy atom. The minimum Gasteiger partial charge on any atom is -0.496 e. The number of thiophene rings is 1. The number of carbonyl (C=O) groups is 2. The zero-order valence-corrected chi connectivity index (χ0v) is 23.3. The third kappa shape index (κ3) is 5.30. The summed E-state index contributed by atoms with van der Waals surface area (Å²) in [5.41, 5.74) is 16.7. The van der Waals surface area contributed by atoms with Crippen LogP contribution in [-0.2, 0) is 4.79 Å². The van der Waals surface area contributed by atoms with Crippen LogP contribution >= 0.6 is 11.3 Å². The Morgan fingerprint density at radius 2 is 1.85 bits per heavy atom. The fraction of sp³-hybridized carbons (Fsp3) is 0.100. The van der Waals surface area contributed by atoms with Gasteiger partial charge in [-0.25, -0.2) is 15.0 Å². The van der Waals surface area contributed by atoms with Gasteiger partial charge in [-0.05, 0) is 49.8 Å². The number of anilines is 2. The van der Waals surface area contributed by atoms with E-state index in [1.165, 1.54) is 30.7 Å². The first-order chi connectivity index (χ1) is 19.7. The number of hydrogen-bond acceptors (Lipinski definition) is 9. The normalized spacial score (nSPS) is 10.8. The van der Waals surface area contributed by atoms with Crippen LogP contribution in [0.25, 0.3) is 31.7 Å². The molecule has 0 bridgehead atoms. The van der Waals surface area contributed by atoms with Crippen LogP contribution in [0.4, 0.5) is 11.5 Å². The number of nitrogen functional groups attached to an aromatic ring is 1. The quantitative estimate of drug-likeness (QED) is 0.204. The van der Waals surface area contributed by atoms with Crippen molar-refractivity contribution in [2.45, 2.75) is 13.8 Å². The number of nitrogens with zero attached hydrogens (tertiary/aromatic N) is 3. The number of aryl methyl sites for hydroxylation is 2. The van der Waals surface area contributed by atoms with Crippen molar-refractivity contribution >= 4 is 44.7 Å². The van der Waals surface area contributed by atoms with Crippen LogP contribution < -0.4 is 26.3 Å². The maximum Gasteiger partial charge on any atom is 0.322 e. The lowest BCUT2D eigenvalue weighted by Gasteiger charge is -2.15. The second-order valence-electron chi connectivity index (χ2n) is 9.12. The number of ether oxygens (including phenoxy) is 2. The fourth-order valence-corrected chi connectivity index (χ4v) is 5.79. The van der Waals surface area contributed by atoms with Gasteiger partial charge in [0.25, 0.3) is 5.91 Å². The molecule has 0 aliphatic heterocycles. The Bertz CT molecular complexity index is 1850. The van der Waals surface area contributed by atoms with Crippen LogP contribution in [0.2, 0.25) is 0 Å². The predicted molar refractivity (Wildman–Crippen MR) is 160 cm³/mol. The molecule has 2 amide bonds. The Labute approximate surface area is 239 Å². The van der Waals surface area contributed by atoms with Gasteiger partial charge in [-0.3, -0.25) is 9.59 Å². The molecule has 3 aromatic heterocycles. The highest BCUT2D eigenvalue weighted by Gasteiger charge is 2.26. The van der Waals surface area contributed by atoms with Gasteiger partial charge in [0.15, 0.2) is 0 Å². The molecule has 0 saturated heterocycles. The van der Waals surface area contributed by atoms with Gasteiger partial charge in [-0.15, -0.1) is 11.3 Å². The molecule has 5 N–H and O–H groups in total. The van der Waals surface area contributed by atoms with E-state index in [1.54, 1.807) is 24.4 Å². The maximum atomic E-state index is 12.4. The van der Waals surface area contributed by atoms with Gasteiger partial charge in [-0.1, -0.05) is 18.7 Å². The standard InChI is InChI=1S/C30H26N6O4S/c1-5-23(37)36-21-12-15(2)6-8-18(21)26-24(25-27(41-26)20(29(32)38)14-34-28(25)31)19-9-7-17(13-22(19)39-4)40-30-33-11-10-16(3)35-30/h5-14H,1H2,2-4H3,(H2,31,34)(H2,32,38)(H,36,37). The molecule has 11 heteroatoms. The number of amides is 2. The molecule has 10 nitrogen and oxygen atoms in total. The Kier molecular flexibility index (Phi) is 7.36. The van der Waals surface area contributed by atoms with Crippen LogP contribution in [0.3, 0.4) is 0 Å². The fourth-order valence-electron chi connectivity index (χ4n) is 4.41. The number of nitrogens with two attached hydrogens (primary N) is 2. The predicted octanol–water partition coefficient (Wildman–Crippen LogP) is 5.64.